The maximum absolute atomic E-state index is 7.07. The van der Waals surface area contributed by atoms with Crippen LogP contribution in [0.15, 0.2) is 0 Å². The molecule has 0 spiro atoms. The molecule has 0 aliphatic heterocycles. The summed E-state index contributed by atoms with van der Waals surface area (Å²) in [5.74, 6) is 0. The van der Waals surface area contributed by atoms with E-state index in [2.05, 4.69) is 53.3 Å². The molecule has 0 N–H and O–H groups in total. The molecule has 0 bridgehead atoms. The molecule has 0 aliphatic carbocycles. The third-order valence-electron chi connectivity index (χ3n) is 2.51. The monoisotopic (exact) mass is 436 g/mol. The molecule has 114 valence electrons. The first kappa shape index (κ1) is 20.6. The maximum atomic E-state index is 7.07. The van der Waals surface area contributed by atoms with E-state index in [0.29, 0.717) is 0 Å². The van der Waals surface area contributed by atoms with Crippen LogP contribution < -0.4 is 0 Å². The third kappa shape index (κ3) is 8.17. The van der Waals surface area contributed by atoms with Crippen LogP contribution in [0.5, 0.6) is 0 Å². The second-order valence-corrected chi connectivity index (χ2v) is 22.4. The Hall–Kier alpha value is 2.63. The van der Waals surface area contributed by atoms with Crippen molar-refractivity contribution in [2.24, 2.45) is 0 Å². The van der Waals surface area contributed by atoms with Gasteiger partial charge in [0, 0.05) is 0 Å². The molecule has 0 aromatic carbocycles. The fraction of sp³-hybridized carbons (Fsp3) is 1.00. The Balaban J connectivity index is 4.82. The minimum absolute atomic E-state index is 0.142. The van der Waals surface area contributed by atoms with E-state index in [9.17, 15) is 0 Å². The van der Waals surface area contributed by atoms with Crippen molar-refractivity contribution in [2.75, 3.05) is 65.6 Å². The van der Waals surface area contributed by atoms with Gasteiger partial charge in [0.1, 0.15) is 0 Å². The van der Waals surface area contributed by atoms with Gasteiger partial charge < -0.3 is 0 Å². The van der Waals surface area contributed by atoms with Crippen LogP contribution in [0.1, 0.15) is 0 Å². The van der Waals surface area contributed by atoms with Gasteiger partial charge in [0.15, 0.2) is 0 Å². The summed E-state index contributed by atoms with van der Waals surface area (Å²) in [6, 6.07) is 0. The van der Waals surface area contributed by atoms with Crippen molar-refractivity contribution in [1.82, 2.24) is 0 Å². The first-order valence-electron chi connectivity index (χ1n) is 6.05. The van der Waals surface area contributed by atoms with Gasteiger partial charge in [0.25, 0.3) is 0 Å². The Morgan fingerprint density at radius 2 is 1.00 bits per heavy atom. The van der Waals surface area contributed by atoms with E-state index < -0.39 is 15.0 Å². The van der Waals surface area contributed by atoms with Gasteiger partial charge in [0.05, 0.1) is 0 Å². The average molecular weight is 437 g/mol. The second-order valence-electron chi connectivity index (χ2n) is 5.52. The number of hydrogen-bond acceptors (Lipinski definition) is 0. The molecule has 2 atom stereocenters. The molecule has 0 fully saturated rings. The van der Waals surface area contributed by atoms with Crippen molar-refractivity contribution >= 4 is 41.4 Å². The topological polar surface area (TPSA) is 0 Å². The van der Waals surface area contributed by atoms with E-state index >= 15 is 0 Å². The van der Waals surface area contributed by atoms with Crippen LogP contribution in [0.4, 0.5) is 0 Å². The van der Waals surface area contributed by atoms with Crippen LogP contribution in [0.2, 0.25) is 0 Å². The zero-order chi connectivity index (χ0) is 14.5. The Kier molecular flexibility index (Phi) is 11.9. The molecule has 0 aromatic rings. The summed E-state index contributed by atoms with van der Waals surface area (Å²) in [6.07, 6.45) is 2.85. The molecule has 0 saturated heterocycles. The number of rotatable bonds is 8. The van der Waals surface area contributed by atoms with Crippen molar-refractivity contribution in [3.05, 3.63) is 0 Å². The van der Waals surface area contributed by atoms with Crippen LogP contribution in [-0.2, 0) is 15.0 Å². The van der Waals surface area contributed by atoms with Crippen molar-refractivity contribution in [2.45, 2.75) is 8.51 Å². The normalized spacial score (nSPS) is 16.8. The summed E-state index contributed by atoms with van der Waals surface area (Å²) in [7, 11) is 7.77. The quantitative estimate of drug-likeness (QED) is 0.354. The van der Waals surface area contributed by atoms with E-state index in [4.69, 9.17) is 9.69 Å². The molecular formula is C12H30ClP4Rh. The number of halogens is 1. The van der Waals surface area contributed by atoms with Crippen LogP contribution in [-0.4, -0.2) is 74.1 Å². The summed E-state index contributed by atoms with van der Waals surface area (Å²) in [5, 5.41) is 0. The predicted octanol–water partition coefficient (Wildman–Crippen LogP) is 5.38. The minimum atomic E-state index is -1.00. The Labute approximate surface area is 130 Å². The fourth-order valence-corrected chi connectivity index (χ4v) is 27.1. The first-order chi connectivity index (χ1) is 8.16. The molecule has 0 radical (unpaired) electrons. The van der Waals surface area contributed by atoms with Gasteiger partial charge in [-0.25, -0.2) is 0 Å². The Morgan fingerprint density at radius 1 is 0.722 bits per heavy atom. The summed E-state index contributed by atoms with van der Waals surface area (Å²) in [4.78, 5) is 0. The zero-order valence-electron chi connectivity index (χ0n) is 13.1. The molecule has 18 heavy (non-hydrogen) atoms. The standard InChI is InChI=1S/2C6H15P2.ClH.Rh/c2*1-7(2)5-6-8(3)4;;/h2*5H,6H2,1-4H3;1H;/q;;;+1/p-1. The molecular weight excluding hydrogens is 406 g/mol. The fourth-order valence-electron chi connectivity index (χ4n) is 1.49. The molecule has 6 heteroatoms. The van der Waals surface area contributed by atoms with E-state index in [1.165, 1.54) is 12.3 Å². The Bertz CT molecular complexity index is 202. The molecule has 0 aliphatic rings. The first-order valence-corrected chi connectivity index (χ1v) is 19.5. The summed E-state index contributed by atoms with van der Waals surface area (Å²) in [5.41, 5.74) is 0. The summed E-state index contributed by atoms with van der Waals surface area (Å²) in [6.45, 7) is 19.5. The molecule has 0 aromatic heterocycles. The molecule has 2 unspecified atom stereocenters. The zero-order valence-corrected chi connectivity index (χ0v) is 19.0. The van der Waals surface area contributed by atoms with Gasteiger partial charge in [-0.05, 0) is 0 Å². The molecule has 0 saturated carbocycles. The van der Waals surface area contributed by atoms with Crippen LogP contribution in [0.3, 0.4) is 0 Å². The van der Waals surface area contributed by atoms with Crippen molar-refractivity contribution < 1.29 is 15.0 Å². The van der Waals surface area contributed by atoms with Gasteiger partial charge >= 0.3 is 130 Å². The van der Waals surface area contributed by atoms with Crippen LogP contribution in [0, 0.1) is 0 Å². The van der Waals surface area contributed by atoms with Gasteiger partial charge in [-0.2, -0.15) is 0 Å². The molecule has 0 nitrogen and oxygen atoms in total. The molecule has 0 heterocycles. The van der Waals surface area contributed by atoms with E-state index in [1.807, 2.05) is 0 Å². The van der Waals surface area contributed by atoms with Crippen molar-refractivity contribution in [3.8, 4) is 0 Å². The van der Waals surface area contributed by atoms with E-state index in [-0.39, 0.29) is 31.7 Å². The van der Waals surface area contributed by atoms with E-state index in [1.54, 1.807) is 0 Å². The Morgan fingerprint density at radius 3 is 1.17 bits per heavy atom. The predicted molar refractivity (Wildman–Crippen MR) is 98.2 cm³/mol. The summed E-state index contributed by atoms with van der Waals surface area (Å²) >= 11 is -1.00. The SMILES string of the molecule is CP(C)C[CH](P(C)C)[Rh]([Cl])[CH](CP(C)C)P(C)C. The van der Waals surface area contributed by atoms with Crippen LogP contribution >= 0.6 is 41.4 Å². The van der Waals surface area contributed by atoms with Gasteiger partial charge in [-0.3, -0.25) is 0 Å². The van der Waals surface area contributed by atoms with Gasteiger partial charge in [-0.15, -0.1) is 0 Å². The number of hydrogen-bond donors (Lipinski definition) is 0. The van der Waals surface area contributed by atoms with E-state index in [0.717, 1.165) is 8.51 Å². The molecule has 0 rings (SSSR count). The van der Waals surface area contributed by atoms with Crippen molar-refractivity contribution in [1.29, 1.82) is 0 Å². The summed E-state index contributed by atoms with van der Waals surface area (Å²) < 4.78 is 1.80. The second kappa shape index (κ2) is 10.4. The van der Waals surface area contributed by atoms with Gasteiger partial charge in [0.2, 0.25) is 0 Å². The molecule has 0 amide bonds. The van der Waals surface area contributed by atoms with Gasteiger partial charge in [-0.1, -0.05) is 0 Å². The average Bonchev–Trinajstić information content (AvgIpc) is 2.20. The van der Waals surface area contributed by atoms with Crippen molar-refractivity contribution in [3.63, 3.8) is 0 Å². The van der Waals surface area contributed by atoms with Crippen LogP contribution in [0.25, 0.3) is 0 Å². The third-order valence-corrected chi connectivity index (χ3v) is 22.1.